The molecule has 0 atom stereocenters. The van der Waals surface area contributed by atoms with Gasteiger partial charge in [0, 0.05) is 38.3 Å². The molecule has 0 radical (unpaired) electrons. The van der Waals surface area contributed by atoms with Gasteiger partial charge in [-0.15, -0.1) is 0 Å². The number of hydrogen-bond acceptors (Lipinski definition) is 1. The first-order chi connectivity index (χ1) is 8.74. The molecule has 1 heterocycles. The molecular formula is C16H29N2+. The monoisotopic (exact) mass is 249 g/mol. The summed E-state index contributed by atoms with van der Waals surface area (Å²) in [5.41, 5.74) is 1.27. The van der Waals surface area contributed by atoms with E-state index in [9.17, 15) is 0 Å². The summed E-state index contributed by atoms with van der Waals surface area (Å²) in [6, 6.07) is 4.36. The van der Waals surface area contributed by atoms with E-state index in [1.807, 2.05) is 0 Å². The number of aryl methyl sites for hydroxylation is 1. The molecule has 0 N–H and O–H groups in total. The van der Waals surface area contributed by atoms with Gasteiger partial charge >= 0.3 is 0 Å². The third kappa shape index (κ3) is 6.04. The standard InChI is InChI=1S/C16H29N2/c1-4-5-6-7-8-9-10-13-18-14-11-16(12-15-18)17(2)3/h11-12,14-15H,4-10,13H2,1-3H3/q+1. The van der Waals surface area contributed by atoms with E-state index >= 15 is 0 Å². The van der Waals surface area contributed by atoms with Crippen LogP contribution in [0, 0.1) is 0 Å². The van der Waals surface area contributed by atoms with Crippen molar-refractivity contribution < 1.29 is 4.57 Å². The summed E-state index contributed by atoms with van der Waals surface area (Å²) in [5, 5.41) is 0. The second-order valence-corrected chi connectivity index (χ2v) is 5.31. The molecule has 0 unspecified atom stereocenters. The van der Waals surface area contributed by atoms with Crippen molar-refractivity contribution in [3.05, 3.63) is 24.5 Å². The summed E-state index contributed by atoms with van der Waals surface area (Å²) in [7, 11) is 4.16. The van der Waals surface area contributed by atoms with Crippen molar-refractivity contribution >= 4 is 5.69 Å². The van der Waals surface area contributed by atoms with E-state index < -0.39 is 0 Å². The maximum Gasteiger partial charge on any atom is 0.170 e. The molecule has 1 aromatic heterocycles. The van der Waals surface area contributed by atoms with Gasteiger partial charge in [0.2, 0.25) is 0 Å². The number of anilines is 1. The smallest absolute Gasteiger partial charge is 0.170 e. The number of aromatic nitrogens is 1. The highest BCUT2D eigenvalue weighted by molar-refractivity contribution is 5.41. The second-order valence-electron chi connectivity index (χ2n) is 5.31. The Bertz CT molecular complexity index is 303. The minimum atomic E-state index is 1.15. The zero-order valence-corrected chi connectivity index (χ0v) is 12.4. The molecule has 1 aromatic rings. The molecule has 0 saturated heterocycles. The molecule has 0 aliphatic rings. The van der Waals surface area contributed by atoms with Crippen molar-refractivity contribution in [3.8, 4) is 0 Å². The first-order valence-electron chi connectivity index (χ1n) is 7.40. The molecule has 0 amide bonds. The van der Waals surface area contributed by atoms with Crippen molar-refractivity contribution in [2.45, 2.75) is 58.4 Å². The summed E-state index contributed by atoms with van der Waals surface area (Å²) < 4.78 is 2.29. The first-order valence-corrected chi connectivity index (χ1v) is 7.40. The fourth-order valence-electron chi connectivity index (χ4n) is 2.15. The SMILES string of the molecule is CCCCCCCCC[n+]1ccc(N(C)C)cc1. The molecule has 18 heavy (non-hydrogen) atoms. The van der Waals surface area contributed by atoms with Crippen LogP contribution < -0.4 is 9.47 Å². The predicted molar refractivity (Wildman–Crippen MR) is 79.0 cm³/mol. The Kier molecular flexibility index (Phi) is 7.47. The highest BCUT2D eigenvalue weighted by Gasteiger charge is 2.01. The molecular weight excluding hydrogens is 220 g/mol. The predicted octanol–water partition coefficient (Wildman–Crippen LogP) is 3.79. The van der Waals surface area contributed by atoms with Crippen LogP contribution in [0.25, 0.3) is 0 Å². The van der Waals surface area contributed by atoms with Gasteiger partial charge in [0.1, 0.15) is 6.54 Å². The Morgan fingerprint density at radius 2 is 1.44 bits per heavy atom. The molecule has 102 valence electrons. The third-order valence-corrected chi connectivity index (χ3v) is 3.41. The van der Waals surface area contributed by atoms with Gasteiger partial charge in [-0.1, -0.05) is 39.0 Å². The summed E-state index contributed by atoms with van der Waals surface area (Å²) in [6.45, 7) is 3.43. The topological polar surface area (TPSA) is 7.12 Å². The summed E-state index contributed by atoms with van der Waals surface area (Å²) in [4.78, 5) is 2.14. The number of hydrogen-bond donors (Lipinski definition) is 0. The lowest BCUT2D eigenvalue weighted by molar-refractivity contribution is -0.697. The average molecular weight is 249 g/mol. The number of pyridine rings is 1. The van der Waals surface area contributed by atoms with Gasteiger partial charge in [-0.25, -0.2) is 4.57 Å². The van der Waals surface area contributed by atoms with Crippen LogP contribution in [0.5, 0.6) is 0 Å². The van der Waals surface area contributed by atoms with E-state index in [2.05, 4.69) is 55.0 Å². The van der Waals surface area contributed by atoms with E-state index in [0.29, 0.717) is 0 Å². The minimum Gasteiger partial charge on any atom is -0.377 e. The van der Waals surface area contributed by atoms with Crippen LogP contribution in [-0.2, 0) is 6.54 Å². The minimum absolute atomic E-state index is 1.15. The zero-order valence-electron chi connectivity index (χ0n) is 12.4. The maximum atomic E-state index is 2.29. The van der Waals surface area contributed by atoms with Gasteiger partial charge in [-0.2, -0.15) is 0 Å². The molecule has 0 aliphatic carbocycles. The fraction of sp³-hybridized carbons (Fsp3) is 0.688. The molecule has 0 spiro atoms. The lowest BCUT2D eigenvalue weighted by Crippen LogP contribution is -2.32. The molecule has 1 rings (SSSR count). The van der Waals surface area contributed by atoms with Gasteiger partial charge in [-0.05, 0) is 6.42 Å². The average Bonchev–Trinajstić information content (AvgIpc) is 2.38. The Balaban J connectivity index is 2.12. The van der Waals surface area contributed by atoms with E-state index in [-0.39, 0.29) is 0 Å². The van der Waals surface area contributed by atoms with Gasteiger partial charge in [0.05, 0.1) is 0 Å². The molecule has 2 nitrogen and oxygen atoms in total. The Morgan fingerprint density at radius 1 is 0.889 bits per heavy atom. The van der Waals surface area contributed by atoms with Crippen LogP contribution in [0.3, 0.4) is 0 Å². The Morgan fingerprint density at radius 3 is 2.00 bits per heavy atom. The number of unbranched alkanes of at least 4 members (excludes halogenated alkanes) is 6. The molecule has 0 saturated carbocycles. The molecule has 0 aromatic carbocycles. The fourth-order valence-corrected chi connectivity index (χ4v) is 2.15. The molecule has 0 bridgehead atoms. The van der Waals surface area contributed by atoms with Crippen molar-refractivity contribution in [1.29, 1.82) is 0 Å². The van der Waals surface area contributed by atoms with Crippen LogP contribution in [0.2, 0.25) is 0 Å². The molecule has 0 fully saturated rings. The summed E-state index contributed by atoms with van der Waals surface area (Å²) in [6.07, 6.45) is 14.0. The van der Waals surface area contributed by atoms with Gasteiger partial charge in [0.25, 0.3) is 0 Å². The zero-order chi connectivity index (χ0) is 13.2. The lowest BCUT2D eigenvalue weighted by atomic mass is 10.1. The third-order valence-electron chi connectivity index (χ3n) is 3.41. The van der Waals surface area contributed by atoms with Crippen LogP contribution >= 0.6 is 0 Å². The Hall–Kier alpha value is -1.05. The quantitative estimate of drug-likeness (QED) is 0.477. The second kappa shape index (κ2) is 8.96. The van der Waals surface area contributed by atoms with E-state index in [0.717, 1.165) is 6.54 Å². The van der Waals surface area contributed by atoms with Crippen molar-refractivity contribution in [2.75, 3.05) is 19.0 Å². The van der Waals surface area contributed by atoms with E-state index in [1.54, 1.807) is 0 Å². The van der Waals surface area contributed by atoms with Crippen LogP contribution in [-0.4, -0.2) is 14.1 Å². The highest BCUT2D eigenvalue weighted by atomic mass is 15.1. The highest BCUT2D eigenvalue weighted by Crippen LogP contribution is 2.08. The first kappa shape index (κ1) is 15.0. The largest absolute Gasteiger partial charge is 0.377 e. The van der Waals surface area contributed by atoms with Crippen LogP contribution in [0.4, 0.5) is 5.69 Å². The lowest BCUT2D eigenvalue weighted by Gasteiger charge is -2.10. The molecule has 0 aliphatic heterocycles. The Labute approximate surface area is 113 Å². The maximum absolute atomic E-state index is 2.29. The van der Waals surface area contributed by atoms with Crippen molar-refractivity contribution in [2.24, 2.45) is 0 Å². The molecule has 2 heteroatoms. The van der Waals surface area contributed by atoms with Crippen molar-refractivity contribution in [1.82, 2.24) is 0 Å². The van der Waals surface area contributed by atoms with E-state index in [4.69, 9.17) is 0 Å². The normalized spacial score (nSPS) is 10.6. The van der Waals surface area contributed by atoms with Crippen LogP contribution in [0.15, 0.2) is 24.5 Å². The number of rotatable bonds is 9. The van der Waals surface area contributed by atoms with Crippen molar-refractivity contribution in [3.63, 3.8) is 0 Å². The summed E-state index contributed by atoms with van der Waals surface area (Å²) >= 11 is 0. The number of nitrogens with zero attached hydrogens (tertiary/aromatic N) is 2. The summed E-state index contributed by atoms with van der Waals surface area (Å²) in [5.74, 6) is 0. The van der Waals surface area contributed by atoms with Gasteiger partial charge in [-0.3, -0.25) is 0 Å². The van der Waals surface area contributed by atoms with E-state index in [1.165, 1.54) is 50.6 Å². The van der Waals surface area contributed by atoms with Gasteiger partial charge < -0.3 is 4.90 Å². The van der Waals surface area contributed by atoms with Crippen LogP contribution in [0.1, 0.15) is 51.9 Å². The van der Waals surface area contributed by atoms with Gasteiger partial charge in [0.15, 0.2) is 12.4 Å².